The van der Waals surface area contributed by atoms with Crippen LogP contribution in [0.5, 0.6) is 5.75 Å². The second kappa shape index (κ2) is 6.88. The third-order valence-corrected chi connectivity index (χ3v) is 5.52. The number of benzene rings is 2. The van der Waals surface area contributed by atoms with Gasteiger partial charge in [-0.15, -0.1) is 11.8 Å². The van der Waals surface area contributed by atoms with Gasteiger partial charge in [0.15, 0.2) is 0 Å². The van der Waals surface area contributed by atoms with Crippen LogP contribution in [0.1, 0.15) is 17.0 Å². The predicted molar refractivity (Wildman–Crippen MR) is 104 cm³/mol. The molecule has 0 atom stereocenters. The van der Waals surface area contributed by atoms with Crippen molar-refractivity contribution < 1.29 is 5.11 Å². The molecule has 5 nitrogen and oxygen atoms in total. The SMILES string of the molecule is Cc1ccc(SCc2nc3c(Cn4ccnc4)c(O)ccc3n2C)cc1. The molecule has 0 bridgehead atoms. The summed E-state index contributed by atoms with van der Waals surface area (Å²) in [7, 11) is 2.03. The Morgan fingerprint density at radius 3 is 2.65 bits per heavy atom. The minimum atomic E-state index is 0.266. The summed E-state index contributed by atoms with van der Waals surface area (Å²) in [6.45, 7) is 2.64. The molecule has 0 aliphatic heterocycles. The first-order valence-corrected chi connectivity index (χ1v) is 9.42. The molecule has 0 spiro atoms. The molecule has 0 fully saturated rings. The fourth-order valence-electron chi connectivity index (χ4n) is 2.98. The van der Waals surface area contributed by atoms with Crippen molar-refractivity contribution >= 4 is 22.8 Å². The van der Waals surface area contributed by atoms with E-state index in [2.05, 4.69) is 40.7 Å². The zero-order chi connectivity index (χ0) is 18.1. The lowest BCUT2D eigenvalue weighted by Gasteiger charge is -2.07. The number of phenolic OH excluding ortho intramolecular Hbond substituents is 1. The Hall–Kier alpha value is -2.73. The van der Waals surface area contributed by atoms with Gasteiger partial charge in [0, 0.05) is 29.9 Å². The maximum absolute atomic E-state index is 10.4. The topological polar surface area (TPSA) is 55.9 Å². The van der Waals surface area contributed by atoms with Crippen molar-refractivity contribution in [1.82, 2.24) is 19.1 Å². The minimum Gasteiger partial charge on any atom is -0.508 e. The number of aromatic nitrogens is 4. The van der Waals surface area contributed by atoms with Crippen molar-refractivity contribution in [3.63, 3.8) is 0 Å². The van der Waals surface area contributed by atoms with Crippen molar-refractivity contribution in [3.8, 4) is 5.75 Å². The number of imidazole rings is 2. The first kappa shape index (κ1) is 16.7. The number of rotatable bonds is 5. The summed E-state index contributed by atoms with van der Waals surface area (Å²) in [5, 5.41) is 10.4. The number of hydrogen-bond donors (Lipinski definition) is 1. The molecule has 0 radical (unpaired) electrons. The lowest BCUT2D eigenvalue weighted by atomic mass is 10.1. The van der Waals surface area contributed by atoms with Gasteiger partial charge in [-0.2, -0.15) is 0 Å². The van der Waals surface area contributed by atoms with E-state index in [4.69, 9.17) is 4.98 Å². The van der Waals surface area contributed by atoms with Crippen molar-refractivity contribution in [2.24, 2.45) is 7.05 Å². The van der Waals surface area contributed by atoms with Gasteiger partial charge in [0.2, 0.25) is 0 Å². The van der Waals surface area contributed by atoms with Crippen LogP contribution in [0, 0.1) is 6.92 Å². The molecule has 0 amide bonds. The first-order chi connectivity index (χ1) is 12.6. The highest BCUT2D eigenvalue weighted by Gasteiger charge is 2.15. The molecule has 6 heteroatoms. The first-order valence-electron chi connectivity index (χ1n) is 8.43. The summed E-state index contributed by atoms with van der Waals surface area (Å²) >= 11 is 1.77. The average Bonchev–Trinajstić information content (AvgIpc) is 3.25. The summed E-state index contributed by atoms with van der Waals surface area (Å²) in [4.78, 5) is 10.1. The van der Waals surface area contributed by atoms with Crippen LogP contribution in [0.2, 0.25) is 0 Å². The molecule has 2 aromatic heterocycles. The van der Waals surface area contributed by atoms with Crippen molar-refractivity contribution in [2.45, 2.75) is 24.1 Å². The Morgan fingerprint density at radius 2 is 1.92 bits per heavy atom. The third-order valence-electron chi connectivity index (χ3n) is 4.51. The highest BCUT2D eigenvalue weighted by molar-refractivity contribution is 7.98. The van der Waals surface area contributed by atoms with Gasteiger partial charge in [-0.25, -0.2) is 9.97 Å². The molecule has 0 saturated heterocycles. The van der Waals surface area contributed by atoms with E-state index in [0.29, 0.717) is 6.54 Å². The van der Waals surface area contributed by atoms with E-state index in [1.165, 1.54) is 10.5 Å². The molecular formula is C20H20N4OS. The Kier molecular flexibility index (Phi) is 4.42. The van der Waals surface area contributed by atoms with Crippen LogP contribution in [-0.2, 0) is 19.3 Å². The van der Waals surface area contributed by atoms with Crippen LogP contribution in [-0.4, -0.2) is 24.2 Å². The zero-order valence-corrected chi connectivity index (χ0v) is 15.6. The average molecular weight is 364 g/mol. The Bertz CT molecular complexity index is 1040. The summed E-state index contributed by atoms with van der Waals surface area (Å²) in [6, 6.07) is 12.2. The van der Waals surface area contributed by atoms with E-state index >= 15 is 0 Å². The zero-order valence-electron chi connectivity index (χ0n) is 14.8. The number of fused-ring (bicyclic) bond motifs is 1. The smallest absolute Gasteiger partial charge is 0.122 e. The molecule has 0 unspecified atom stereocenters. The normalized spacial score (nSPS) is 11.3. The van der Waals surface area contributed by atoms with Crippen LogP contribution in [0.4, 0.5) is 0 Å². The summed E-state index contributed by atoms with van der Waals surface area (Å²) < 4.78 is 4.04. The van der Waals surface area contributed by atoms with Crippen molar-refractivity contribution in [2.75, 3.05) is 0 Å². The van der Waals surface area contributed by atoms with E-state index in [9.17, 15) is 5.11 Å². The molecule has 0 saturated carbocycles. The number of aryl methyl sites for hydroxylation is 2. The summed E-state index contributed by atoms with van der Waals surface area (Å²) in [6.07, 6.45) is 5.37. The van der Waals surface area contributed by atoms with Gasteiger partial charge in [-0.1, -0.05) is 17.7 Å². The maximum atomic E-state index is 10.4. The summed E-state index contributed by atoms with van der Waals surface area (Å²) in [5.74, 6) is 2.03. The lowest BCUT2D eigenvalue weighted by Crippen LogP contribution is -1.98. The maximum Gasteiger partial charge on any atom is 0.122 e. The van der Waals surface area contributed by atoms with Crippen molar-refractivity contribution in [1.29, 1.82) is 0 Å². The molecule has 1 N–H and O–H groups in total. The van der Waals surface area contributed by atoms with Gasteiger partial charge >= 0.3 is 0 Å². The Labute approximate surface area is 156 Å². The van der Waals surface area contributed by atoms with Gasteiger partial charge in [0.05, 0.1) is 29.7 Å². The number of nitrogens with zero attached hydrogens (tertiary/aromatic N) is 4. The van der Waals surface area contributed by atoms with E-state index in [-0.39, 0.29) is 5.75 Å². The molecule has 2 aromatic carbocycles. The second-order valence-corrected chi connectivity index (χ2v) is 7.40. The van der Waals surface area contributed by atoms with E-state index in [1.54, 1.807) is 30.4 Å². The fraction of sp³-hybridized carbons (Fsp3) is 0.200. The quantitative estimate of drug-likeness (QED) is 0.541. The minimum absolute atomic E-state index is 0.266. The van der Waals surface area contributed by atoms with E-state index in [1.807, 2.05) is 23.9 Å². The second-order valence-electron chi connectivity index (χ2n) is 6.35. The molecule has 4 rings (SSSR count). The molecule has 132 valence electrons. The van der Waals surface area contributed by atoms with Gasteiger partial charge in [-0.3, -0.25) is 0 Å². The molecule has 4 aromatic rings. The van der Waals surface area contributed by atoms with E-state index < -0.39 is 0 Å². The largest absolute Gasteiger partial charge is 0.508 e. The summed E-state index contributed by atoms with van der Waals surface area (Å²) in [5.41, 5.74) is 3.96. The monoisotopic (exact) mass is 364 g/mol. The Balaban J connectivity index is 1.66. The van der Waals surface area contributed by atoms with Gasteiger partial charge < -0.3 is 14.2 Å². The number of thioether (sulfide) groups is 1. The number of aromatic hydroxyl groups is 1. The molecule has 0 aliphatic carbocycles. The predicted octanol–water partition coefficient (Wildman–Crippen LogP) is 4.12. The fourth-order valence-corrected chi connectivity index (χ4v) is 3.86. The van der Waals surface area contributed by atoms with E-state index in [0.717, 1.165) is 28.2 Å². The van der Waals surface area contributed by atoms with Crippen LogP contribution < -0.4 is 0 Å². The standard InChI is InChI=1S/C20H20N4OS/c1-14-3-5-15(6-4-14)26-12-19-22-20-16(11-24-10-9-21-13-24)18(25)8-7-17(20)23(19)2/h3-10,13,25H,11-12H2,1-2H3. The molecule has 26 heavy (non-hydrogen) atoms. The van der Waals surface area contributed by atoms with Crippen LogP contribution in [0.15, 0.2) is 60.0 Å². The lowest BCUT2D eigenvalue weighted by molar-refractivity contribution is 0.467. The molecule has 0 aliphatic rings. The Morgan fingerprint density at radius 1 is 1.12 bits per heavy atom. The van der Waals surface area contributed by atoms with Gasteiger partial charge in [0.25, 0.3) is 0 Å². The van der Waals surface area contributed by atoms with Crippen LogP contribution in [0.3, 0.4) is 0 Å². The van der Waals surface area contributed by atoms with Crippen molar-refractivity contribution in [3.05, 3.63) is 72.1 Å². The molecule has 2 heterocycles. The van der Waals surface area contributed by atoms with Gasteiger partial charge in [0.1, 0.15) is 11.6 Å². The van der Waals surface area contributed by atoms with Gasteiger partial charge in [-0.05, 0) is 31.2 Å². The number of hydrogen-bond acceptors (Lipinski definition) is 4. The third kappa shape index (κ3) is 3.20. The highest BCUT2D eigenvalue weighted by Crippen LogP contribution is 2.30. The van der Waals surface area contributed by atoms with Crippen LogP contribution >= 0.6 is 11.8 Å². The number of phenols is 1. The highest BCUT2D eigenvalue weighted by atomic mass is 32.2. The van der Waals surface area contributed by atoms with Crippen LogP contribution in [0.25, 0.3) is 11.0 Å². The molecular weight excluding hydrogens is 344 g/mol.